The zero-order valence-electron chi connectivity index (χ0n) is 17.0. The van der Waals surface area contributed by atoms with E-state index in [2.05, 4.69) is 82.4 Å². The predicted octanol–water partition coefficient (Wildman–Crippen LogP) is 6.78. The van der Waals surface area contributed by atoms with Crippen molar-refractivity contribution in [2.45, 2.75) is 41.0 Å². The van der Waals surface area contributed by atoms with E-state index in [-0.39, 0.29) is 0 Å². The Morgan fingerprint density at radius 3 is 2.15 bits per heavy atom. The van der Waals surface area contributed by atoms with Gasteiger partial charge in [-0.05, 0) is 62.5 Å². The molecule has 0 spiro atoms. The molecule has 0 aliphatic carbocycles. The first-order valence-electron chi connectivity index (χ1n) is 8.97. The van der Waals surface area contributed by atoms with Crippen molar-refractivity contribution in [1.29, 1.82) is 0 Å². The lowest BCUT2D eigenvalue weighted by Crippen LogP contribution is -2.13. The number of allylic oxidation sites excluding steroid dienone is 6. The standard InChI is InChI=1S/C21H25N.C4H8/c1-7-9-10-17(4)18(5)20-11-13-21(14-12-20)19(6)22-15-16(3)8-2;1-3-4-2/h1,8-14,22H,6,15H2,2-5H3;3H,1,4H2,2H3/b10-9-,16-8+,18-17+;. The Morgan fingerprint density at radius 1 is 1.15 bits per heavy atom. The Balaban J connectivity index is 0.00000141. The van der Waals surface area contributed by atoms with E-state index in [1.54, 1.807) is 6.08 Å². The van der Waals surface area contributed by atoms with Gasteiger partial charge in [-0.1, -0.05) is 67.5 Å². The van der Waals surface area contributed by atoms with E-state index < -0.39 is 0 Å². The van der Waals surface area contributed by atoms with Crippen LogP contribution in [-0.2, 0) is 0 Å². The summed E-state index contributed by atoms with van der Waals surface area (Å²) in [5, 5.41) is 3.34. The lowest BCUT2D eigenvalue weighted by Gasteiger charge is -2.11. The maximum absolute atomic E-state index is 5.25. The van der Waals surface area contributed by atoms with Crippen LogP contribution < -0.4 is 5.32 Å². The minimum atomic E-state index is 0.825. The number of terminal acetylenes is 1. The van der Waals surface area contributed by atoms with E-state index >= 15 is 0 Å². The molecule has 26 heavy (non-hydrogen) atoms. The van der Waals surface area contributed by atoms with Crippen molar-refractivity contribution >= 4 is 11.3 Å². The molecule has 1 nitrogen and oxygen atoms in total. The summed E-state index contributed by atoms with van der Waals surface area (Å²) < 4.78 is 0. The van der Waals surface area contributed by atoms with Gasteiger partial charge in [-0.3, -0.25) is 0 Å². The molecule has 1 rings (SSSR count). The third kappa shape index (κ3) is 8.94. The Kier molecular flexibility index (Phi) is 12.1. The summed E-state index contributed by atoms with van der Waals surface area (Å²) in [5.74, 6) is 2.52. The molecule has 0 amide bonds. The fraction of sp³-hybridized carbons (Fsp3) is 0.280. The van der Waals surface area contributed by atoms with E-state index in [0.717, 1.165) is 24.2 Å². The van der Waals surface area contributed by atoms with Gasteiger partial charge in [-0.2, -0.15) is 0 Å². The van der Waals surface area contributed by atoms with Gasteiger partial charge in [0, 0.05) is 12.2 Å². The van der Waals surface area contributed by atoms with Crippen molar-refractivity contribution in [3.63, 3.8) is 0 Å². The monoisotopic (exact) mass is 347 g/mol. The van der Waals surface area contributed by atoms with Crippen LogP contribution in [0.1, 0.15) is 52.2 Å². The summed E-state index contributed by atoms with van der Waals surface area (Å²) in [4.78, 5) is 0. The van der Waals surface area contributed by atoms with Gasteiger partial charge < -0.3 is 5.32 Å². The van der Waals surface area contributed by atoms with E-state index in [1.165, 1.54) is 22.3 Å². The molecule has 1 N–H and O–H groups in total. The third-order valence-electron chi connectivity index (χ3n) is 4.05. The fourth-order valence-corrected chi connectivity index (χ4v) is 1.90. The van der Waals surface area contributed by atoms with Crippen molar-refractivity contribution in [3.05, 3.63) is 84.0 Å². The number of hydrogen-bond acceptors (Lipinski definition) is 1. The highest BCUT2D eigenvalue weighted by Gasteiger charge is 2.02. The van der Waals surface area contributed by atoms with Crippen LogP contribution in [0.2, 0.25) is 0 Å². The molecule has 1 aromatic carbocycles. The van der Waals surface area contributed by atoms with Gasteiger partial charge in [0.1, 0.15) is 0 Å². The van der Waals surface area contributed by atoms with Crippen LogP contribution in [0, 0.1) is 12.3 Å². The number of rotatable bonds is 7. The Labute approximate surface area is 160 Å². The average Bonchev–Trinajstić information content (AvgIpc) is 2.69. The lowest BCUT2D eigenvalue weighted by molar-refractivity contribution is 0.955. The smallest absolute Gasteiger partial charge is 0.0357 e. The zero-order chi connectivity index (χ0) is 19.9. The van der Waals surface area contributed by atoms with E-state index in [4.69, 9.17) is 6.42 Å². The van der Waals surface area contributed by atoms with E-state index in [1.807, 2.05) is 19.1 Å². The molecule has 0 saturated carbocycles. The molecule has 0 heterocycles. The zero-order valence-corrected chi connectivity index (χ0v) is 17.0. The third-order valence-corrected chi connectivity index (χ3v) is 4.05. The summed E-state index contributed by atoms with van der Waals surface area (Å²) in [6.45, 7) is 18.8. The molecule has 1 aromatic rings. The van der Waals surface area contributed by atoms with Crippen LogP contribution in [0.15, 0.2) is 72.9 Å². The van der Waals surface area contributed by atoms with Crippen molar-refractivity contribution in [3.8, 4) is 12.3 Å². The summed E-state index contributed by atoms with van der Waals surface area (Å²) in [6, 6.07) is 8.43. The van der Waals surface area contributed by atoms with Gasteiger partial charge in [-0.15, -0.1) is 13.0 Å². The highest BCUT2D eigenvalue weighted by molar-refractivity contribution is 5.71. The first kappa shape index (κ1) is 23.3. The van der Waals surface area contributed by atoms with Crippen LogP contribution in [0.3, 0.4) is 0 Å². The fourth-order valence-electron chi connectivity index (χ4n) is 1.90. The quantitative estimate of drug-likeness (QED) is 0.326. The summed E-state index contributed by atoms with van der Waals surface area (Å²) in [5.41, 5.74) is 6.94. The Hall–Kier alpha value is -2.72. The first-order chi connectivity index (χ1) is 12.4. The second-order valence-corrected chi connectivity index (χ2v) is 6.05. The molecule has 0 atom stereocenters. The molecule has 0 aliphatic rings. The second-order valence-electron chi connectivity index (χ2n) is 6.05. The SMILES string of the molecule is C#C/C=C\C(C)=C(/C)c1ccc(C(=C)NC/C(C)=C/C)cc1.C=CCC. The largest absolute Gasteiger partial charge is 0.381 e. The lowest BCUT2D eigenvalue weighted by atomic mass is 10.00. The van der Waals surface area contributed by atoms with Crippen LogP contribution in [0.5, 0.6) is 0 Å². The molecular weight excluding hydrogens is 314 g/mol. The molecule has 0 unspecified atom stereocenters. The van der Waals surface area contributed by atoms with E-state index in [9.17, 15) is 0 Å². The Bertz CT molecular complexity index is 704. The van der Waals surface area contributed by atoms with Crippen LogP contribution in [0.4, 0.5) is 0 Å². The molecule has 0 aromatic heterocycles. The van der Waals surface area contributed by atoms with E-state index in [0.29, 0.717) is 0 Å². The van der Waals surface area contributed by atoms with Gasteiger partial charge in [0.25, 0.3) is 0 Å². The van der Waals surface area contributed by atoms with Gasteiger partial charge >= 0.3 is 0 Å². The molecule has 0 bridgehead atoms. The molecule has 0 radical (unpaired) electrons. The van der Waals surface area contributed by atoms with Gasteiger partial charge in [0.15, 0.2) is 0 Å². The number of hydrogen-bond donors (Lipinski definition) is 1. The molecular formula is C25H33N. The first-order valence-corrected chi connectivity index (χ1v) is 8.97. The summed E-state index contributed by atoms with van der Waals surface area (Å²) >= 11 is 0. The molecule has 138 valence electrons. The molecule has 0 saturated heterocycles. The highest BCUT2D eigenvalue weighted by Crippen LogP contribution is 2.21. The normalized spacial score (nSPS) is 11.8. The topological polar surface area (TPSA) is 12.0 Å². The number of nitrogens with one attached hydrogen (secondary N) is 1. The molecule has 1 heteroatoms. The van der Waals surface area contributed by atoms with Gasteiger partial charge in [0.2, 0.25) is 0 Å². The minimum absolute atomic E-state index is 0.825. The van der Waals surface area contributed by atoms with Crippen molar-refractivity contribution in [2.24, 2.45) is 0 Å². The van der Waals surface area contributed by atoms with Crippen molar-refractivity contribution < 1.29 is 0 Å². The minimum Gasteiger partial charge on any atom is -0.381 e. The Morgan fingerprint density at radius 2 is 1.69 bits per heavy atom. The van der Waals surface area contributed by atoms with Gasteiger partial charge in [-0.25, -0.2) is 0 Å². The van der Waals surface area contributed by atoms with Crippen LogP contribution >= 0.6 is 0 Å². The van der Waals surface area contributed by atoms with Crippen LogP contribution in [-0.4, -0.2) is 6.54 Å². The summed E-state index contributed by atoms with van der Waals surface area (Å²) in [6.07, 6.45) is 14.0. The molecule has 0 fully saturated rings. The second kappa shape index (κ2) is 13.6. The van der Waals surface area contributed by atoms with Crippen LogP contribution in [0.25, 0.3) is 11.3 Å². The van der Waals surface area contributed by atoms with Crippen molar-refractivity contribution in [1.82, 2.24) is 5.32 Å². The molecule has 0 aliphatic heterocycles. The van der Waals surface area contributed by atoms with Gasteiger partial charge in [0.05, 0.1) is 0 Å². The predicted molar refractivity (Wildman–Crippen MR) is 120 cm³/mol. The summed E-state index contributed by atoms with van der Waals surface area (Å²) in [7, 11) is 0. The average molecular weight is 348 g/mol. The highest BCUT2D eigenvalue weighted by atomic mass is 14.9. The van der Waals surface area contributed by atoms with Crippen molar-refractivity contribution in [2.75, 3.05) is 6.54 Å². The maximum atomic E-state index is 5.25. The number of benzene rings is 1. The maximum Gasteiger partial charge on any atom is 0.0357 e.